The molecule has 116 valence electrons. The van der Waals surface area contributed by atoms with E-state index in [0.717, 1.165) is 25.7 Å². The third-order valence-corrected chi connectivity index (χ3v) is 3.92. The highest BCUT2D eigenvalue weighted by Gasteiger charge is 2.41. The summed E-state index contributed by atoms with van der Waals surface area (Å²) in [6, 6.07) is -0.527. The quantitative estimate of drug-likeness (QED) is 0.455. The molecule has 0 saturated heterocycles. The second-order valence-electron chi connectivity index (χ2n) is 5.54. The number of aromatic nitrogens is 2. The lowest BCUT2D eigenvalue weighted by atomic mass is 10.0. The predicted octanol–water partition coefficient (Wildman–Crippen LogP) is 2.26. The molecule has 3 N–H and O–H groups in total. The lowest BCUT2D eigenvalue weighted by Crippen LogP contribution is -2.55. The fourth-order valence-electron chi connectivity index (χ4n) is 2.74. The number of hydroxylamine groups is 2. The van der Waals surface area contributed by atoms with E-state index in [-0.39, 0.29) is 11.6 Å². The second kappa shape index (κ2) is 6.46. The predicted molar refractivity (Wildman–Crippen MR) is 84.0 cm³/mol. The molecule has 7 heteroatoms. The van der Waals surface area contributed by atoms with Gasteiger partial charge in [-0.05, 0) is 13.3 Å². The van der Waals surface area contributed by atoms with E-state index in [1.165, 1.54) is 12.7 Å². The molecular weight excluding hydrogens is 270 g/mol. The third kappa shape index (κ3) is 3.04. The molecule has 2 rings (SSSR count). The lowest BCUT2D eigenvalue weighted by molar-refractivity contribution is 0.113. The number of aliphatic imine (C=N–C) groups is 1. The van der Waals surface area contributed by atoms with E-state index in [1.54, 1.807) is 6.92 Å². The van der Waals surface area contributed by atoms with Crippen molar-refractivity contribution < 1.29 is 5.11 Å². The molecule has 1 aromatic rings. The smallest absolute Gasteiger partial charge is 0.265 e. The van der Waals surface area contributed by atoms with Crippen molar-refractivity contribution in [3.8, 4) is 0 Å². The van der Waals surface area contributed by atoms with Crippen LogP contribution in [0.4, 0.5) is 17.3 Å². The number of quaternary nitrogens is 1. The number of hydrogen-bond donors (Lipinski definition) is 2. The van der Waals surface area contributed by atoms with Crippen molar-refractivity contribution in [2.75, 3.05) is 5.73 Å². The SMILES string of the molecule is CCCCCC[C@H]([C@H](C)O)[N+]1([O-])C=Nc2c(N)ncnc21. The number of rotatable bonds is 7. The number of hydrogen-bond acceptors (Lipinski definition) is 6. The summed E-state index contributed by atoms with van der Waals surface area (Å²) >= 11 is 0. The van der Waals surface area contributed by atoms with Crippen LogP contribution in [0.15, 0.2) is 11.3 Å². The molecule has 0 fully saturated rings. The molecule has 0 saturated carbocycles. The molecule has 7 nitrogen and oxygen atoms in total. The van der Waals surface area contributed by atoms with Crippen molar-refractivity contribution in [1.82, 2.24) is 14.6 Å². The Morgan fingerprint density at radius 2 is 2.10 bits per heavy atom. The van der Waals surface area contributed by atoms with E-state index in [9.17, 15) is 10.3 Å². The zero-order chi connectivity index (χ0) is 15.5. The van der Waals surface area contributed by atoms with Crippen molar-refractivity contribution >= 4 is 23.7 Å². The molecule has 3 atom stereocenters. The summed E-state index contributed by atoms with van der Waals surface area (Å²) in [5, 5.41) is 23.2. The summed E-state index contributed by atoms with van der Waals surface area (Å²) in [7, 11) is 0. The van der Waals surface area contributed by atoms with Crippen LogP contribution in [0.3, 0.4) is 0 Å². The monoisotopic (exact) mass is 293 g/mol. The zero-order valence-corrected chi connectivity index (χ0v) is 12.6. The van der Waals surface area contributed by atoms with Gasteiger partial charge in [-0.1, -0.05) is 26.2 Å². The summed E-state index contributed by atoms with van der Waals surface area (Å²) in [5.41, 5.74) is 6.06. The number of nitrogen functional groups attached to an aromatic ring is 1. The molecule has 1 aliphatic heterocycles. The lowest BCUT2D eigenvalue weighted by Gasteiger charge is -2.42. The first kappa shape index (κ1) is 15.8. The molecule has 1 aromatic heterocycles. The van der Waals surface area contributed by atoms with Crippen molar-refractivity contribution in [2.24, 2.45) is 4.99 Å². The number of nitrogens with zero attached hydrogens (tertiary/aromatic N) is 4. The van der Waals surface area contributed by atoms with E-state index in [0.29, 0.717) is 12.1 Å². The Morgan fingerprint density at radius 3 is 2.76 bits per heavy atom. The van der Waals surface area contributed by atoms with Gasteiger partial charge in [-0.15, -0.1) is 0 Å². The Labute approximate surface area is 124 Å². The second-order valence-corrected chi connectivity index (χ2v) is 5.54. The number of aliphatic hydroxyl groups excluding tert-OH is 1. The highest BCUT2D eigenvalue weighted by atomic mass is 16.6. The number of anilines is 1. The molecule has 1 aliphatic rings. The molecule has 0 spiro atoms. The molecule has 21 heavy (non-hydrogen) atoms. The molecule has 0 aliphatic carbocycles. The van der Waals surface area contributed by atoms with E-state index >= 15 is 0 Å². The van der Waals surface area contributed by atoms with Gasteiger partial charge in [0, 0.05) is 6.42 Å². The zero-order valence-electron chi connectivity index (χ0n) is 12.6. The average Bonchev–Trinajstić information content (AvgIpc) is 2.78. The number of unbranched alkanes of at least 4 members (excludes halogenated alkanes) is 3. The van der Waals surface area contributed by atoms with Crippen molar-refractivity contribution in [1.29, 1.82) is 0 Å². The van der Waals surface area contributed by atoms with E-state index < -0.39 is 16.8 Å². The minimum Gasteiger partial charge on any atom is -0.620 e. The highest BCUT2D eigenvalue weighted by Crippen LogP contribution is 2.41. The maximum absolute atomic E-state index is 13.2. The Balaban J connectivity index is 2.22. The van der Waals surface area contributed by atoms with Gasteiger partial charge in [0.2, 0.25) is 0 Å². The average molecular weight is 293 g/mol. The van der Waals surface area contributed by atoms with Crippen molar-refractivity contribution in [3.05, 3.63) is 11.5 Å². The van der Waals surface area contributed by atoms with E-state index in [2.05, 4.69) is 21.9 Å². The van der Waals surface area contributed by atoms with Gasteiger partial charge in [-0.3, -0.25) is 4.65 Å². The molecule has 0 bridgehead atoms. The number of fused-ring (bicyclic) bond motifs is 1. The van der Waals surface area contributed by atoms with E-state index in [1.807, 2.05) is 0 Å². The molecule has 0 aromatic carbocycles. The fourth-order valence-corrected chi connectivity index (χ4v) is 2.74. The molecule has 0 amide bonds. The van der Waals surface area contributed by atoms with Crippen LogP contribution in [-0.4, -0.2) is 33.6 Å². The maximum Gasteiger partial charge on any atom is 0.265 e. The normalized spacial score (nSPS) is 23.0. The van der Waals surface area contributed by atoms with E-state index in [4.69, 9.17) is 5.73 Å². The first-order valence-electron chi connectivity index (χ1n) is 7.44. The van der Waals surface area contributed by atoms with Gasteiger partial charge in [0.1, 0.15) is 18.5 Å². The largest absolute Gasteiger partial charge is 0.620 e. The Morgan fingerprint density at radius 1 is 1.33 bits per heavy atom. The van der Waals surface area contributed by atoms with Gasteiger partial charge in [0.15, 0.2) is 17.8 Å². The van der Waals surface area contributed by atoms with Crippen LogP contribution >= 0.6 is 0 Å². The summed E-state index contributed by atoms with van der Waals surface area (Å²) in [5.74, 6) is 0.423. The fraction of sp³-hybridized carbons (Fsp3) is 0.643. The Hall–Kier alpha value is -1.57. The molecular formula is C14H23N5O2. The van der Waals surface area contributed by atoms with Gasteiger partial charge in [0.05, 0.1) is 0 Å². The number of nitrogens with two attached hydrogens (primary N) is 1. The van der Waals surface area contributed by atoms with Gasteiger partial charge in [-0.2, -0.15) is 9.98 Å². The topological polar surface area (TPSA) is 107 Å². The van der Waals surface area contributed by atoms with Gasteiger partial charge >= 0.3 is 0 Å². The standard InChI is InChI=1S/C14H23N5O2/c1-3-4-5-6-7-11(10(2)20)19(21)9-18-12-13(15)16-8-17-14(12)19/h8-11,20H,3-7H2,1-2H3,(H2,15,16,17)/t10-,11+,19?/m0/s1. The van der Waals surface area contributed by atoms with Crippen LogP contribution in [0.5, 0.6) is 0 Å². The summed E-state index contributed by atoms with van der Waals surface area (Å²) < 4.78 is -0.855. The minimum atomic E-state index is -0.855. The van der Waals surface area contributed by atoms with Gasteiger partial charge in [0.25, 0.3) is 5.82 Å². The molecule has 1 unspecified atom stereocenters. The van der Waals surface area contributed by atoms with Crippen LogP contribution in [0.2, 0.25) is 0 Å². The third-order valence-electron chi connectivity index (χ3n) is 3.92. The highest BCUT2D eigenvalue weighted by molar-refractivity contribution is 5.91. The Bertz CT molecular complexity index is 520. The van der Waals surface area contributed by atoms with Crippen LogP contribution in [0.1, 0.15) is 46.0 Å². The minimum absolute atomic E-state index is 0.197. The van der Waals surface area contributed by atoms with Crippen LogP contribution in [0.25, 0.3) is 0 Å². The molecule has 2 heterocycles. The summed E-state index contributed by atoms with van der Waals surface area (Å²) in [6.45, 7) is 3.77. The Kier molecular flexibility index (Phi) is 4.87. The number of aliphatic hydroxyl groups is 1. The van der Waals surface area contributed by atoms with Crippen LogP contribution < -0.4 is 10.4 Å². The van der Waals surface area contributed by atoms with Crippen LogP contribution in [-0.2, 0) is 0 Å². The first-order chi connectivity index (χ1) is 10.0. The molecule has 0 radical (unpaired) electrons. The maximum atomic E-state index is 13.2. The summed E-state index contributed by atoms with van der Waals surface area (Å²) in [6.07, 6.45) is 6.62. The summed E-state index contributed by atoms with van der Waals surface area (Å²) in [4.78, 5) is 12.0. The first-order valence-corrected chi connectivity index (χ1v) is 7.44. The van der Waals surface area contributed by atoms with Gasteiger partial charge in [-0.25, -0.2) is 4.98 Å². The van der Waals surface area contributed by atoms with Gasteiger partial charge < -0.3 is 16.0 Å². The van der Waals surface area contributed by atoms with Crippen LogP contribution in [0, 0.1) is 5.21 Å². The van der Waals surface area contributed by atoms with Crippen molar-refractivity contribution in [2.45, 2.75) is 58.1 Å². The van der Waals surface area contributed by atoms with Crippen molar-refractivity contribution in [3.63, 3.8) is 0 Å².